The molecule has 1 aromatic carbocycles. The zero-order valence-corrected chi connectivity index (χ0v) is 20.7. The molecule has 0 aliphatic rings. The molecule has 174 valence electrons. The highest BCUT2D eigenvalue weighted by atomic mass is 32.1. The quantitative estimate of drug-likeness (QED) is 0.200. The van der Waals surface area contributed by atoms with Gasteiger partial charge in [-0.2, -0.15) is 5.10 Å². The van der Waals surface area contributed by atoms with Crippen LogP contribution < -0.4 is 5.32 Å². The van der Waals surface area contributed by atoms with E-state index in [4.69, 9.17) is 0 Å². The number of nitrogens with one attached hydrogen (secondary N) is 3. The number of hydrogen-bond donors (Lipinski definition) is 3. The highest BCUT2D eigenvalue weighted by Gasteiger charge is 2.15. The predicted octanol–water partition coefficient (Wildman–Crippen LogP) is 7.82. The zero-order chi connectivity index (χ0) is 24.4. The van der Waals surface area contributed by atoms with Gasteiger partial charge in [0.1, 0.15) is 0 Å². The van der Waals surface area contributed by atoms with Crippen molar-refractivity contribution in [2.24, 2.45) is 0 Å². The molecule has 0 atom stereocenters. The van der Waals surface area contributed by atoms with E-state index in [2.05, 4.69) is 106 Å². The minimum Gasteiger partial charge on any atom is -0.359 e. The second-order valence-corrected chi connectivity index (χ2v) is 9.20. The smallest absolute Gasteiger partial charge is 0.181 e. The number of aromatic nitrogens is 4. The normalized spacial score (nSPS) is 12.4. The lowest BCUT2D eigenvalue weighted by Crippen LogP contribution is -2.09. The van der Waals surface area contributed by atoms with E-state index in [0.717, 1.165) is 51.2 Å². The van der Waals surface area contributed by atoms with Crippen LogP contribution in [-0.2, 0) is 0 Å². The number of rotatable bonds is 8. The number of aromatic amines is 2. The minimum atomic E-state index is 0.682. The molecular formula is C29H27N5S. The van der Waals surface area contributed by atoms with Crippen LogP contribution in [0.2, 0.25) is 0 Å². The van der Waals surface area contributed by atoms with E-state index in [1.54, 1.807) is 17.4 Å². The lowest BCUT2D eigenvalue weighted by molar-refractivity contribution is 0.921. The first kappa shape index (κ1) is 22.6. The Hall–Kier alpha value is -4.16. The number of thiophene rings is 1. The van der Waals surface area contributed by atoms with Crippen LogP contribution in [0.3, 0.4) is 0 Å². The summed E-state index contributed by atoms with van der Waals surface area (Å²) in [5, 5.41) is 15.2. The molecule has 4 aromatic heterocycles. The Bertz CT molecular complexity index is 1590. The fourth-order valence-electron chi connectivity index (χ4n) is 4.14. The van der Waals surface area contributed by atoms with E-state index >= 15 is 0 Å². The second kappa shape index (κ2) is 9.60. The molecule has 35 heavy (non-hydrogen) atoms. The standard InChI is InChI=1S/C29H27N5S/c1-5-18(4)31-21(7-3)14-19(6-2)20-15-24-28(33-34-29(24)30-17-20)26-16-23-22(27-12-9-13-35-27)10-8-11-25(23)32-26/h6-17,31-32H,3-5H2,1-2H3,(H,30,33,34)/b19-6+,21-14+. The molecule has 6 heteroatoms. The molecule has 5 aromatic rings. The van der Waals surface area contributed by atoms with Crippen LogP contribution in [0.5, 0.6) is 0 Å². The summed E-state index contributed by atoms with van der Waals surface area (Å²) in [6, 6.07) is 14.9. The van der Waals surface area contributed by atoms with Gasteiger partial charge in [-0.1, -0.05) is 44.4 Å². The first-order valence-electron chi connectivity index (χ1n) is 11.6. The summed E-state index contributed by atoms with van der Waals surface area (Å²) in [7, 11) is 0. The van der Waals surface area contributed by atoms with Crippen molar-refractivity contribution in [1.29, 1.82) is 0 Å². The Morgan fingerprint density at radius 2 is 2.06 bits per heavy atom. The summed E-state index contributed by atoms with van der Waals surface area (Å²) in [6.45, 7) is 12.1. The number of allylic oxidation sites excluding steroid dienone is 5. The molecular weight excluding hydrogens is 450 g/mol. The van der Waals surface area contributed by atoms with E-state index < -0.39 is 0 Å². The average molecular weight is 478 g/mol. The lowest BCUT2D eigenvalue weighted by Gasteiger charge is -2.10. The van der Waals surface area contributed by atoms with Crippen molar-refractivity contribution in [3.63, 3.8) is 0 Å². The van der Waals surface area contributed by atoms with E-state index in [1.165, 1.54) is 15.8 Å². The van der Waals surface area contributed by atoms with Gasteiger partial charge in [-0.15, -0.1) is 11.3 Å². The highest BCUT2D eigenvalue weighted by molar-refractivity contribution is 7.13. The Balaban J connectivity index is 1.57. The van der Waals surface area contributed by atoms with Gasteiger partial charge in [-0.25, -0.2) is 4.98 Å². The Morgan fingerprint density at radius 3 is 2.80 bits per heavy atom. The van der Waals surface area contributed by atoms with Crippen LogP contribution in [0.25, 0.3) is 49.3 Å². The monoisotopic (exact) mass is 477 g/mol. The van der Waals surface area contributed by atoms with Crippen LogP contribution in [0.1, 0.15) is 25.8 Å². The molecule has 0 bridgehead atoms. The molecule has 3 N–H and O–H groups in total. The maximum Gasteiger partial charge on any atom is 0.181 e. The van der Waals surface area contributed by atoms with Crippen LogP contribution in [0, 0.1) is 0 Å². The van der Waals surface area contributed by atoms with Gasteiger partial charge < -0.3 is 10.3 Å². The molecule has 0 unspecified atom stereocenters. The summed E-state index contributed by atoms with van der Waals surface area (Å²) in [6.07, 6.45) is 8.63. The molecule has 0 saturated heterocycles. The predicted molar refractivity (Wildman–Crippen MR) is 149 cm³/mol. The molecule has 0 aliphatic carbocycles. The maximum atomic E-state index is 4.63. The molecule has 0 radical (unpaired) electrons. The minimum absolute atomic E-state index is 0.682. The van der Waals surface area contributed by atoms with Crippen molar-refractivity contribution in [3.05, 3.63) is 102 Å². The van der Waals surface area contributed by atoms with Gasteiger partial charge in [0, 0.05) is 49.9 Å². The molecule has 0 aliphatic heterocycles. The Morgan fingerprint density at radius 1 is 1.17 bits per heavy atom. The number of benzene rings is 1. The van der Waals surface area contributed by atoms with Crippen molar-refractivity contribution in [3.8, 4) is 21.8 Å². The van der Waals surface area contributed by atoms with Crippen molar-refractivity contribution >= 4 is 38.8 Å². The number of nitrogens with zero attached hydrogens (tertiary/aromatic N) is 2. The van der Waals surface area contributed by atoms with Gasteiger partial charge in [-0.3, -0.25) is 5.10 Å². The second-order valence-electron chi connectivity index (χ2n) is 8.25. The molecule has 0 fully saturated rings. The molecule has 0 spiro atoms. The molecule has 0 saturated carbocycles. The van der Waals surface area contributed by atoms with Gasteiger partial charge in [0.15, 0.2) is 5.65 Å². The van der Waals surface area contributed by atoms with Gasteiger partial charge >= 0.3 is 0 Å². The van der Waals surface area contributed by atoms with Crippen LogP contribution in [-0.4, -0.2) is 20.2 Å². The summed E-state index contributed by atoms with van der Waals surface area (Å²) in [4.78, 5) is 9.45. The van der Waals surface area contributed by atoms with Crippen molar-refractivity contribution in [2.75, 3.05) is 0 Å². The summed E-state index contributed by atoms with van der Waals surface area (Å²) in [5.41, 5.74) is 8.78. The van der Waals surface area contributed by atoms with Crippen molar-refractivity contribution in [1.82, 2.24) is 25.5 Å². The molecule has 0 amide bonds. The van der Waals surface area contributed by atoms with Crippen LogP contribution >= 0.6 is 11.3 Å². The van der Waals surface area contributed by atoms with Crippen LogP contribution in [0.15, 0.2) is 96.8 Å². The number of H-pyrrole nitrogens is 2. The third-order valence-corrected chi connectivity index (χ3v) is 6.96. The Kier molecular flexibility index (Phi) is 6.21. The van der Waals surface area contributed by atoms with E-state index in [-0.39, 0.29) is 0 Å². The number of pyridine rings is 1. The van der Waals surface area contributed by atoms with Gasteiger partial charge in [0.05, 0.1) is 11.4 Å². The van der Waals surface area contributed by atoms with Crippen molar-refractivity contribution < 1.29 is 0 Å². The number of fused-ring (bicyclic) bond motifs is 2. The molecule has 4 heterocycles. The molecule has 5 rings (SSSR count). The van der Waals surface area contributed by atoms with Crippen LogP contribution in [0.4, 0.5) is 0 Å². The largest absolute Gasteiger partial charge is 0.359 e. The lowest BCUT2D eigenvalue weighted by atomic mass is 10.0. The SMILES string of the molecule is C=C/C(=C\C(=C/C)c1cnc2n[nH]c(-c3cc4c(-c5cccs5)cccc4[nH]3)c2c1)NC(=C)CC. The van der Waals surface area contributed by atoms with Gasteiger partial charge in [0.25, 0.3) is 0 Å². The third-order valence-electron chi connectivity index (χ3n) is 6.05. The molecule has 5 nitrogen and oxygen atoms in total. The fourth-order valence-corrected chi connectivity index (χ4v) is 4.90. The average Bonchev–Trinajstić information content (AvgIpc) is 3.64. The van der Waals surface area contributed by atoms with Gasteiger partial charge in [-0.05, 0) is 60.7 Å². The fraction of sp³-hybridized carbons (Fsp3) is 0.103. The first-order valence-corrected chi connectivity index (χ1v) is 12.4. The topological polar surface area (TPSA) is 69.4 Å². The zero-order valence-electron chi connectivity index (χ0n) is 19.9. The summed E-state index contributed by atoms with van der Waals surface area (Å²) in [5.74, 6) is 0. The maximum absolute atomic E-state index is 4.63. The van der Waals surface area contributed by atoms with Gasteiger partial charge in [0.2, 0.25) is 0 Å². The van der Waals surface area contributed by atoms with E-state index in [0.29, 0.717) is 5.65 Å². The Labute approximate surface area is 208 Å². The van der Waals surface area contributed by atoms with E-state index in [9.17, 15) is 0 Å². The number of hydrogen-bond acceptors (Lipinski definition) is 4. The summed E-state index contributed by atoms with van der Waals surface area (Å²) >= 11 is 1.75. The first-order chi connectivity index (χ1) is 17.1. The highest BCUT2D eigenvalue weighted by Crippen LogP contribution is 2.36. The van der Waals surface area contributed by atoms with E-state index in [1.807, 2.05) is 13.1 Å². The van der Waals surface area contributed by atoms with Crippen molar-refractivity contribution in [2.45, 2.75) is 20.3 Å². The third kappa shape index (κ3) is 4.36. The summed E-state index contributed by atoms with van der Waals surface area (Å²) < 4.78 is 0.